The van der Waals surface area contributed by atoms with E-state index in [1.165, 1.54) is 29.4 Å². The number of ether oxygens (including phenoxy) is 1. The number of nitrogens with zero attached hydrogens (tertiary/aromatic N) is 7. The third-order valence-electron chi connectivity index (χ3n) is 5.79. The Hall–Kier alpha value is -4.19. The first-order chi connectivity index (χ1) is 19.7. The van der Waals surface area contributed by atoms with Crippen molar-refractivity contribution in [1.82, 2.24) is 34.2 Å². The fraction of sp³-hybridized carbons (Fsp3) is 0.292. The maximum absolute atomic E-state index is 13.9. The van der Waals surface area contributed by atoms with E-state index in [0.717, 1.165) is 16.8 Å². The largest absolute Gasteiger partial charge is 0.382 e. The summed E-state index contributed by atoms with van der Waals surface area (Å²) in [5, 5.41) is 6.64. The maximum atomic E-state index is 13.9. The van der Waals surface area contributed by atoms with Gasteiger partial charge in [0.05, 0.1) is 28.7 Å². The van der Waals surface area contributed by atoms with Gasteiger partial charge >= 0.3 is 0 Å². The minimum atomic E-state index is -2.71. The van der Waals surface area contributed by atoms with E-state index < -0.39 is 37.6 Å². The molecule has 1 amide bonds. The van der Waals surface area contributed by atoms with Gasteiger partial charge in [-0.25, -0.2) is 23.7 Å². The predicted molar refractivity (Wildman–Crippen MR) is 126 cm³/mol. The molecule has 0 radical (unpaired) electrons. The van der Waals surface area contributed by atoms with E-state index in [4.69, 9.17) is 13.0 Å². The van der Waals surface area contributed by atoms with Crippen LogP contribution in [0.2, 0.25) is 0 Å². The normalized spacial score (nSPS) is 18.5. The number of rotatable bonds is 7. The zero-order chi connectivity index (χ0) is 30.4. The van der Waals surface area contributed by atoms with Crippen molar-refractivity contribution < 1.29 is 26.5 Å². The summed E-state index contributed by atoms with van der Waals surface area (Å²) < 4.78 is 79.8. The van der Waals surface area contributed by atoms with Gasteiger partial charge in [0.1, 0.15) is 11.5 Å². The van der Waals surface area contributed by atoms with Crippen LogP contribution in [0.3, 0.4) is 0 Å². The zero-order valence-electron chi connectivity index (χ0n) is 24.9. The Morgan fingerprint density at radius 1 is 1.25 bits per heavy atom. The fourth-order valence-corrected chi connectivity index (χ4v) is 4.01. The number of aryl methyl sites for hydroxylation is 2. The molecule has 36 heavy (non-hydrogen) atoms. The first kappa shape index (κ1) is 17.3. The summed E-state index contributed by atoms with van der Waals surface area (Å²) in [6.07, 6.45) is 4.40. The second-order valence-electron chi connectivity index (χ2n) is 8.23. The molecule has 1 aromatic carbocycles. The quantitative estimate of drug-likeness (QED) is 0.416. The van der Waals surface area contributed by atoms with Crippen LogP contribution >= 0.6 is 0 Å². The molecular weight excluding hydrogens is 470 g/mol. The maximum Gasteiger partial charge on any atom is 0.290 e. The number of methoxy groups -OCH3 is 1. The van der Waals surface area contributed by atoms with Gasteiger partial charge in [0.2, 0.25) is 5.95 Å². The Kier molecular flexibility index (Phi) is 4.54. The number of halogens is 2. The lowest BCUT2D eigenvalue weighted by atomic mass is 10.1. The van der Waals surface area contributed by atoms with Crippen LogP contribution in [0, 0.1) is 18.6 Å². The van der Waals surface area contributed by atoms with Gasteiger partial charge in [0, 0.05) is 49.7 Å². The number of hydrogen-bond acceptors (Lipinski definition) is 7. The van der Waals surface area contributed by atoms with Crippen molar-refractivity contribution in [3.8, 4) is 11.4 Å². The number of amides is 1. The van der Waals surface area contributed by atoms with Gasteiger partial charge in [0.25, 0.3) is 5.91 Å². The molecule has 0 saturated carbocycles. The number of benzene rings is 1. The fourth-order valence-electron chi connectivity index (χ4n) is 4.01. The number of imidazole rings is 1. The lowest BCUT2D eigenvalue weighted by Crippen LogP contribution is -2.49. The number of carbonyl (C=O) groups excluding carboxylic acids is 1. The summed E-state index contributed by atoms with van der Waals surface area (Å²) in [4.78, 5) is 28.1. The van der Waals surface area contributed by atoms with E-state index in [1.54, 1.807) is 17.7 Å². The Morgan fingerprint density at radius 2 is 2.14 bits per heavy atom. The van der Waals surface area contributed by atoms with E-state index in [0.29, 0.717) is 22.5 Å². The molecule has 0 aliphatic carbocycles. The van der Waals surface area contributed by atoms with Crippen molar-refractivity contribution in [2.45, 2.75) is 26.1 Å². The number of fused-ring (bicyclic) bond motifs is 1. The molecule has 4 heterocycles. The third kappa shape index (κ3) is 4.42. The minimum Gasteiger partial charge on any atom is -0.382 e. The van der Waals surface area contributed by atoms with Gasteiger partial charge in [-0.15, -0.1) is 0 Å². The number of aromatic nitrogens is 6. The molecule has 5 rings (SSSR count). The number of nitrogens with one attached hydrogen (secondary N) is 1. The zero-order valence-corrected chi connectivity index (χ0v) is 18.9. The monoisotopic (exact) mass is 500 g/mol. The van der Waals surface area contributed by atoms with E-state index >= 15 is 0 Å². The van der Waals surface area contributed by atoms with E-state index in [9.17, 15) is 13.6 Å². The SMILES string of the molecule is [2H]C([2H])([2H])OCC1Cn2cc(-c3nc(Nc4ccnn4C([2H])([2H])[2H])ncc3C)nc2C(=O)N1Cc1ccc(F)c(F)c1. The molecule has 12 heteroatoms. The van der Waals surface area contributed by atoms with E-state index in [-0.39, 0.29) is 37.3 Å². The molecule has 1 aliphatic heterocycles. The van der Waals surface area contributed by atoms with Crippen LogP contribution in [0.4, 0.5) is 20.5 Å². The van der Waals surface area contributed by atoms with Crippen LogP contribution in [0.1, 0.15) is 30.0 Å². The highest BCUT2D eigenvalue weighted by atomic mass is 19.2. The summed E-state index contributed by atoms with van der Waals surface area (Å²) in [7, 11) is -2.71. The number of hydrogen-bond donors (Lipinski definition) is 1. The first-order valence-corrected chi connectivity index (χ1v) is 10.8. The second kappa shape index (κ2) is 9.46. The summed E-state index contributed by atoms with van der Waals surface area (Å²) in [6.45, 7) is -1.20. The molecule has 186 valence electrons. The molecule has 1 atom stereocenters. The smallest absolute Gasteiger partial charge is 0.290 e. The number of anilines is 2. The molecule has 1 unspecified atom stereocenters. The van der Waals surface area contributed by atoms with Crippen LogP contribution in [0.25, 0.3) is 11.4 Å². The van der Waals surface area contributed by atoms with Crippen molar-refractivity contribution in [3.05, 3.63) is 71.4 Å². The summed E-state index contributed by atoms with van der Waals surface area (Å²) in [6, 6.07) is 3.92. The lowest BCUT2D eigenvalue weighted by Gasteiger charge is -2.35. The minimum absolute atomic E-state index is 0.0192. The highest BCUT2D eigenvalue weighted by molar-refractivity contribution is 5.92. The molecular formula is C24H24F2N8O2. The summed E-state index contributed by atoms with van der Waals surface area (Å²) in [5.41, 5.74) is 1.55. The topological polar surface area (TPSA) is 103 Å². The van der Waals surface area contributed by atoms with Gasteiger partial charge in [0.15, 0.2) is 17.5 Å². The Bertz CT molecular complexity index is 1640. The van der Waals surface area contributed by atoms with Crippen LogP contribution in [-0.4, -0.2) is 59.8 Å². The van der Waals surface area contributed by atoms with Gasteiger partial charge in [-0.2, -0.15) is 5.10 Å². The average molecular weight is 501 g/mol. The molecule has 1 aliphatic rings. The number of carbonyl (C=O) groups is 1. The average Bonchev–Trinajstić information content (AvgIpc) is 3.55. The van der Waals surface area contributed by atoms with Crippen LogP contribution < -0.4 is 5.32 Å². The molecule has 0 spiro atoms. The molecule has 0 fully saturated rings. The Morgan fingerprint density at radius 3 is 2.94 bits per heavy atom. The van der Waals surface area contributed by atoms with Crippen molar-refractivity contribution >= 4 is 17.7 Å². The van der Waals surface area contributed by atoms with Crippen LogP contribution in [0.15, 0.2) is 42.9 Å². The first-order valence-electron chi connectivity index (χ1n) is 13.8. The molecule has 1 N–H and O–H groups in total. The van der Waals surface area contributed by atoms with E-state index in [1.807, 2.05) is 0 Å². The molecule has 4 aromatic rings. The molecule has 0 saturated heterocycles. The Labute approximate surface area is 214 Å². The predicted octanol–water partition coefficient (Wildman–Crippen LogP) is 3.07. The van der Waals surface area contributed by atoms with Crippen molar-refractivity contribution in [1.29, 1.82) is 0 Å². The van der Waals surface area contributed by atoms with Crippen molar-refractivity contribution in [2.24, 2.45) is 6.98 Å². The van der Waals surface area contributed by atoms with Gasteiger partial charge in [-0.05, 0) is 30.2 Å². The van der Waals surface area contributed by atoms with Gasteiger partial charge in [-0.3, -0.25) is 9.48 Å². The van der Waals surface area contributed by atoms with Crippen LogP contribution in [0.5, 0.6) is 0 Å². The van der Waals surface area contributed by atoms with E-state index in [2.05, 4.69) is 25.4 Å². The van der Waals surface area contributed by atoms with Crippen molar-refractivity contribution in [3.63, 3.8) is 0 Å². The highest BCUT2D eigenvalue weighted by Crippen LogP contribution is 2.27. The summed E-state index contributed by atoms with van der Waals surface area (Å²) >= 11 is 0. The molecule has 0 bridgehead atoms. The third-order valence-corrected chi connectivity index (χ3v) is 5.79. The molecule has 3 aromatic heterocycles. The summed E-state index contributed by atoms with van der Waals surface area (Å²) in [5.74, 6) is -2.49. The Balaban J connectivity index is 1.46. The van der Waals surface area contributed by atoms with Gasteiger partial charge in [-0.1, -0.05) is 6.07 Å². The molecule has 10 nitrogen and oxygen atoms in total. The van der Waals surface area contributed by atoms with Gasteiger partial charge < -0.3 is 19.5 Å². The highest BCUT2D eigenvalue weighted by Gasteiger charge is 2.35. The standard InChI is InChI=1S/C24H24F2N8O2/c1-14-9-27-24(30-20-6-7-28-32(20)2)31-21(14)19-12-33-11-16(13-36-3)34(23(35)22(33)29-19)10-15-4-5-17(25)18(26)8-15/h4-9,12,16H,10-11,13H2,1-3H3,(H,27,30,31)/i2D3,3D3. The second-order valence-corrected chi connectivity index (χ2v) is 8.23. The van der Waals surface area contributed by atoms with Crippen LogP contribution in [-0.2, 0) is 24.8 Å². The lowest BCUT2D eigenvalue weighted by molar-refractivity contribution is 0.0379. The van der Waals surface area contributed by atoms with Crippen molar-refractivity contribution in [2.75, 3.05) is 19.0 Å².